The molecule has 0 aliphatic carbocycles. The molecular formula is C26H33N7O7. The fraction of sp³-hybridized carbons (Fsp3) is 0.423. The minimum Gasteiger partial charge on any atom is -0.465 e. The predicted octanol–water partition coefficient (Wildman–Crippen LogP) is 2.54. The van der Waals surface area contributed by atoms with Gasteiger partial charge in [0.05, 0.1) is 12.9 Å². The van der Waals surface area contributed by atoms with Crippen LogP contribution in [0.1, 0.15) is 39.7 Å². The van der Waals surface area contributed by atoms with E-state index in [-0.39, 0.29) is 38.5 Å². The molecule has 14 heteroatoms. The molecule has 3 N–H and O–H groups in total. The van der Waals surface area contributed by atoms with Gasteiger partial charge in [0.25, 0.3) is 0 Å². The second kappa shape index (κ2) is 13.9. The van der Waals surface area contributed by atoms with E-state index in [0.717, 1.165) is 5.56 Å². The summed E-state index contributed by atoms with van der Waals surface area (Å²) < 4.78 is 17.0. The van der Waals surface area contributed by atoms with Crippen molar-refractivity contribution in [3.63, 3.8) is 0 Å². The lowest BCUT2D eigenvalue weighted by Gasteiger charge is -2.23. The van der Waals surface area contributed by atoms with Gasteiger partial charge in [-0.15, -0.1) is 0 Å². The Bertz CT molecular complexity index is 1320. The third-order valence-corrected chi connectivity index (χ3v) is 5.21. The number of aromatic nitrogens is 4. The van der Waals surface area contributed by atoms with Gasteiger partial charge in [-0.1, -0.05) is 30.3 Å². The average Bonchev–Trinajstić information content (AvgIpc) is 3.32. The van der Waals surface area contributed by atoms with E-state index in [4.69, 9.17) is 14.2 Å². The number of aryl methyl sites for hydroxylation is 1. The Morgan fingerprint density at radius 1 is 1.00 bits per heavy atom. The molecule has 1 aromatic carbocycles. The summed E-state index contributed by atoms with van der Waals surface area (Å²) >= 11 is 0. The van der Waals surface area contributed by atoms with Crippen LogP contribution in [0.15, 0.2) is 43.0 Å². The zero-order chi connectivity index (χ0) is 29.1. The summed E-state index contributed by atoms with van der Waals surface area (Å²) in [4.78, 5) is 61.8. The fourth-order valence-electron chi connectivity index (χ4n) is 3.47. The molecule has 3 amide bonds. The lowest BCUT2D eigenvalue weighted by molar-refractivity contribution is -0.143. The average molecular weight is 556 g/mol. The summed E-state index contributed by atoms with van der Waals surface area (Å²) in [5, 5.41) is 7.57. The summed E-state index contributed by atoms with van der Waals surface area (Å²) in [5.74, 6) is -1.05. The first kappa shape index (κ1) is 29.8. The number of ether oxygens (including phenoxy) is 3. The minimum absolute atomic E-state index is 0.0829. The number of carbonyl (C=O) groups is 4. The van der Waals surface area contributed by atoms with E-state index < -0.39 is 35.7 Å². The Labute approximate surface area is 230 Å². The Morgan fingerprint density at radius 3 is 2.45 bits per heavy atom. The van der Waals surface area contributed by atoms with E-state index in [1.165, 1.54) is 12.7 Å². The number of imidazole rings is 1. The molecule has 3 aromatic rings. The highest BCUT2D eigenvalue weighted by Crippen LogP contribution is 2.18. The topological polar surface area (TPSA) is 176 Å². The Morgan fingerprint density at radius 2 is 1.75 bits per heavy atom. The van der Waals surface area contributed by atoms with Crippen molar-refractivity contribution >= 4 is 41.0 Å². The number of fused-ring (bicyclic) bond motifs is 1. The van der Waals surface area contributed by atoms with Crippen LogP contribution in [0.25, 0.3) is 11.2 Å². The second-order valence-electron chi connectivity index (χ2n) is 9.53. The van der Waals surface area contributed by atoms with Crippen LogP contribution in [0.2, 0.25) is 0 Å². The van der Waals surface area contributed by atoms with Crippen LogP contribution in [-0.2, 0) is 37.0 Å². The monoisotopic (exact) mass is 555 g/mol. The second-order valence-corrected chi connectivity index (χ2v) is 9.53. The van der Waals surface area contributed by atoms with Crippen molar-refractivity contribution in [2.45, 2.75) is 58.9 Å². The first-order chi connectivity index (χ1) is 19.1. The van der Waals surface area contributed by atoms with Crippen molar-refractivity contribution in [2.24, 2.45) is 0 Å². The zero-order valence-corrected chi connectivity index (χ0v) is 22.8. The standard InChI is InChI=1S/C26H33N7O7/c1-5-38-19(34)13-27-23(35)18(31-25(37)40-26(2,3)4)11-12-33-16-30-20-21(28-15-29-22(20)33)32-24(36)39-14-17-9-7-6-8-10-17/h6-10,15-16,18H,5,11-14H2,1-4H3,(H,27,35)(H,31,37)(H,28,29,32,36)/t18-/m0/s1. The molecule has 0 radical (unpaired) electrons. The molecule has 0 aliphatic heterocycles. The summed E-state index contributed by atoms with van der Waals surface area (Å²) in [6.45, 7) is 6.84. The quantitative estimate of drug-likeness (QED) is 0.235. The Kier molecular flexibility index (Phi) is 10.3. The number of hydrogen-bond acceptors (Lipinski definition) is 10. The van der Waals surface area contributed by atoms with Gasteiger partial charge in [-0.05, 0) is 39.7 Å². The Balaban J connectivity index is 1.67. The minimum atomic E-state index is -1.05. The van der Waals surface area contributed by atoms with Crippen LogP contribution >= 0.6 is 0 Å². The maximum Gasteiger partial charge on any atom is 0.413 e. The van der Waals surface area contributed by atoms with E-state index in [2.05, 4.69) is 30.9 Å². The highest BCUT2D eigenvalue weighted by molar-refractivity contribution is 5.93. The normalized spacial score (nSPS) is 11.8. The molecule has 2 heterocycles. The number of nitrogens with one attached hydrogen (secondary N) is 3. The van der Waals surface area contributed by atoms with Gasteiger partial charge in [0, 0.05) is 6.54 Å². The molecule has 0 saturated heterocycles. The van der Waals surface area contributed by atoms with Crippen LogP contribution < -0.4 is 16.0 Å². The van der Waals surface area contributed by atoms with Gasteiger partial charge >= 0.3 is 18.2 Å². The fourth-order valence-corrected chi connectivity index (χ4v) is 3.47. The van der Waals surface area contributed by atoms with Gasteiger partial charge in [0.15, 0.2) is 17.0 Å². The van der Waals surface area contributed by atoms with E-state index in [9.17, 15) is 19.2 Å². The van der Waals surface area contributed by atoms with Crippen molar-refractivity contribution in [2.75, 3.05) is 18.5 Å². The van der Waals surface area contributed by atoms with Crippen molar-refractivity contribution in [1.29, 1.82) is 0 Å². The first-order valence-corrected chi connectivity index (χ1v) is 12.6. The molecule has 3 rings (SSSR count). The molecule has 1 atom stereocenters. The van der Waals surface area contributed by atoms with Gasteiger partial charge < -0.3 is 29.4 Å². The molecule has 0 saturated carbocycles. The molecule has 40 heavy (non-hydrogen) atoms. The number of anilines is 1. The molecule has 0 aliphatic rings. The van der Waals surface area contributed by atoms with Gasteiger partial charge in [-0.2, -0.15) is 0 Å². The van der Waals surface area contributed by atoms with Gasteiger partial charge in [-0.25, -0.2) is 24.5 Å². The first-order valence-electron chi connectivity index (χ1n) is 12.6. The lowest BCUT2D eigenvalue weighted by atomic mass is 10.2. The summed E-state index contributed by atoms with van der Waals surface area (Å²) in [5.41, 5.74) is 0.744. The molecule has 0 bridgehead atoms. The maximum atomic E-state index is 12.8. The highest BCUT2D eigenvalue weighted by Gasteiger charge is 2.25. The number of rotatable bonds is 11. The van der Waals surface area contributed by atoms with Gasteiger partial charge in [0.1, 0.15) is 31.1 Å². The van der Waals surface area contributed by atoms with Gasteiger partial charge in [-0.3, -0.25) is 14.9 Å². The van der Waals surface area contributed by atoms with Crippen molar-refractivity contribution in [3.8, 4) is 0 Å². The Hall–Kier alpha value is -4.75. The van der Waals surface area contributed by atoms with E-state index in [1.54, 1.807) is 32.3 Å². The number of esters is 1. The third-order valence-electron chi connectivity index (χ3n) is 5.21. The van der Waals surface area contributed by atoms with Crippen LogP contribution in [0.5, 0.6) is 0 Å². The largest absolute Gasteiger partial charge is 0.465 e. The number of nitrogens with zero attached hydrogens (tertiary/aromatic N) is 4. The maximum absolute atomic E-state index is 12.8. The molecule has 14 nitrogen and oxygen atoms in total. The number of benzene rings is 1. The molecule has 214 valence electrons. The SMILES string of the molecule is CCOC(=O)CNC(=O)[C@H](CCn1cnc2c(NC(=O)OCc3ccccc3)ncnc21)NC(=O)OC(C)(C)C. The summed E-state index contributed by atoms with van der Waals surface area (Å²) in [6, 6.07) is 8.17. The van der Waals surface area contributed by atoms with Crippen LogP contribution in [0.4, 0.5) is 15.4 Å². The van der Waals surface area contributed by atoms with E-state index >= 15 is 0 Å². The summed E-state index contributed by atoms with van der Waals surface area (Å²) in [7, 11) is 0. The molecule has 2 aromatic heterocycles. The number of amides is 3. The molecule has 0 fully saturated rings. The molecular weight excluding hydrogens is 522 g/mol. The van der Waals surface area contributed by atoms with E-state index in [1.807, 2.05) is 30.3 Å². The van der Waals surface area contributed by atoms with Gasteiger partial charge in [0.2, 0.25) is 5.91 Å². The van der Waals surface area contributed by atoms with Crippen molar-refractivity contribution in [1.82, 2.24) is 30.2 Å². The number of hydrogen-bond donors (Lipinski definition) is 3. The molecule has 0 unspecified atom stereocenters. The zero-order valence-electron chi connectivity index (χ0n) is 22.8. The lowest BCUT2D eigenvalue weighted by Crippen LogP contribution is -2.49. The van der Waals surface area contributed by atoms with E-state index in [0.29, 0.717) is 11.2 Å². The third kappa shape index (κ3) is 9.22. The summed E-state index contributed by atoms with van der Waals surface area (Å²) in [6.07, 6.45) is 1.34. The highest BCUT2D eigenvalue weighted by atomic mass is 16.6. The predicted molar refractivity (Wildman–Crippen MR) is 143 cm³/mol. The molecule has 0 spiro atoms. The van der Waals surface area contributed by atoms with Crippen molar-refractivity contribution in [3.05, 3.63) is 48.5 Å². The number of carbonyl (C=O) groups excluding carboxylic acids is 4. The van der Waals surface area contributed by atoms with Crippen LogP contribution in [0.3, 0.4) is 0 Å². The van der Waals surface area contributed by atoms with Crippen molar-refractivity contribution < 1.29 is 33.4 Å². The van der Waals surface area contributed by atoms with Crippen LogP contribution in [-0.4, -0.2) is 68.4 Å². The van der Waals surface area contributed by atoms with Crippen LogP contribution in [0, 0.1) is 0 Å². The smallest absolute Gasteiger partial charge is 0.413 e. The number of alkyl carbamates (subject to hydrolysis) is 1.